The van der Waals surface area contributed by atoms with Gasteiger partial charge in [0.15, 0.2) is 0 Å². The summed E-state index contributed by atoms with van der Waals surface area (Å²) in [6, 6.07) is 0. The first kappa shape index (κ1) is 7.28. The van der Waals surface area contributed by atoms with Crippen molar-refractivity contribution < 1.29 is 4.74 Å². The van der Waals surface area contributed by atoms with Crippen LogP contribution in [-0.2, 0) is 4.74 Å². The van der Waals surface area contributed by atoms with Gasteiger partial charge < -0.3 is 4.74 Å². The Morgan fingerprint density at radius 1 is 1.30 bits per heavy atom. The van der Waals surface area contributed by atoms with Crippen LogP contribution < -0.4 is 0 Å². The fourth-order valence-corrected chi connectivity index (χ4v) is 2.51. The lowest BCUT2D eigenvalue weighted by molar-refractivity contribution is -0.00792. The van der Waals surface area contributed by atoms with E-state index in [4.69, 9.17) is 4.74 Å². The zero-order chi connectivity index (χ0) is 6.97. The molecule has 58 valence electrons. The van der Waals surface area contributed by atoms with Crippen LogP contribution in [0.25, 0.3) is 0 Å². The molecule has 2 aliphatic heterocycles. The van der Waals surface area contributed by atoms with Crippen molar-refractivity contribution in [3.8, 4) is 0 Å². The maximum Gasteiger partial charge on any atom is 0.0717 e. The molecule has 2 heterocycles. The molecule has 2 fully saturated rings. The smallest absolute Gasteiger partial charge is 0.0717 e. The van der Waals surface area contributed by atoms with Crippen LogP contribution in [0, 0.1) is 0 Å². The number of fused-ring (bicyclic) bond motifs is 2. The van der Waals surface area contributed by atoms with E-state index in [1.807, 2.05) is 0 Å². The highest BCUT2D eigenvalue weighted by atomic mass is 33.1. The summed E-state index contributed by atoms with van der Waals surface area (Å²) in [4.78, 5) is 0. The summed E-state index contributed by atoms with van der Waals surface area (Å²) >= 11 is 4.16. The third kappa shape index (κ3) is 1.30. The van der Waals surface area contributed by atoms with Gasteiger partial charge in [-0.15, -0.1) is 0 Å². The standard InChI is InChI=1S/C6H11NOS2/c9-10-7-3-5-1-2-6(4-7)8-5/h5-6,9H,1-4H2. The van der Waals surface area contributed by atoms with Crippen LogP contribution in [0.3, 0.4) is 0 Å². The van der Waals surface area contributed by atoms with Crippen molar-refractivity contribution in [1.29, 1.82) is 0 Å². The zero-order valence-corrected chi connectivity index (χ0v) is 7.40. The maximum atomic E-state index is 5.64. The number of thiol groups is 1. The lowest BCUT2D eigenvalue weighted by atomic mass is 10.2. The zero-order valence-electron chi connectivity index (χ0n) is 5.69. The molecular weight excluding hydrogens is 166 g/mol. The van der Waals surface area contributed by atoms with Crippen LogP contribution >= 0.6 is 22.6 Å². The summed E-state index contributed by atoms with van der Waals surface area (Å²) in [7, 11) is 1.54. The Balaban J connectivity index is 1.96. The van der Waals surface area contributed by atoms with E-state index in [0.717, 1.165) is 13.1 Å². The van der Waals surface area contributed by atoms with Gasteiger partial charge in [0.25, 0.3) is 0 Å². The summed E-state index contributed by atoms with van der Waals surface area (Å²) in [6.45, 7) is 2.12. The molecule has 2 bridgehead atoms. The van der Waals surface area contributed by atoms with Gasteiger partial charge in [0.2, 0.25) is 0 Å². The van der Waals surface area contributed by atoms with Crippen LogP contribution in [0.5, 0.6) is 0 Å². The van der Waals surface area contributed by atoms with Crippen molar-refractivity contribution in [2.45, 2.75) is 25.0 Å². The molecule has 0 N–H and O–H groups in total. The van der Waals surface area contributed by atoms with Crippen molar-refractivity contribution in [2.75, 3.05) is 13.1 Å². The van der Waals surface area contributed by atoms with Gasteiger partial charge in [0, 0.05) is 13.1 Å². The minimum Gasteiger partial charge on any atom is -0.372 e. The van der Waals surface area contributed by atoms with Gasteiger partial charge in [0.05, 0.1) is 12.2 Å². The average Bonchev–Trinajstić information content (AvgIpc) is 2.30. The van der Waals surface area contributed by atoms with Gasteiger partial charge in [0.1, 0.15) is 0 Å². The molecule has 2 nitrogen and oxygen atoms in total. The average molecular weight is 177 g/mol. The van der Waals surface area contributed by atoms with E-state index in [1.54, 1.807) is 11.0 Å². The summed E-state index contributed by atoms with van der Waals surface area (Å²) in [5.74, 6) is 0. The van der Waals surface area contributed by atoms with Gasteiger partial charge >= 0.3 is 0 Å². The van der Waals surface area contributed by atoms with E-state index < -0.39 is 0 Å². The fraction of sp³-hybridized carbons (Fsp3) is 1.00. The SMILES string of the molecule is SSN1CC2CCC(C1)O2. The lowest BCUT2D eigenvalue weighted by Gasteiger charge is -2.29. The molecule has 2 saturated heterocycles. The summed E-state index contributed by atoms with van der Waals surface area (Å²) < 4.78 is 7.91. The van der Waals surface area contributed by atoms with Crippen molar-refractivity contribution in [1.82, 2.24) is 4.31 Å². The molecular formula is C6H11NOS2. The monoisotopic (exact) mass is 177 g/mol. The third-order valence-electron chi connectivity index (χ3n) is 2.13. The van der Waals surface area contributed by atoms with Crippen LogP contribution in [0.2, 0.25) is 0 Å². The molecule has 4 heteroatoms. The molecule has 0 saturated carbocycles. The van der Waals surface area contributed by atoms with Crippen molar-refractivity contribution in [3.05, 3.63) is 0 Å². The van der Waals surface area contributed by atoms with Gasteiger partial charge in [-0.05, 0) is 23.8 Å². The number of nitrogens with zero attached hydrogens (tertiary/aromatic N) is 1. The molecule has 0 spiro atoms. The minimum absolute atomic E-state index is 0.499. The lowest BCUT2D eigenvalue weighted by Crippen LogP contribution is -2.37. The Morgan fingerprint density at radius 3 is 2.40 bits per heavy atom. The van der Waals surface area contributed by atoms with E-state index in [0.29, 0.717) is 12.2 Å². The predicted octanol–water partition coefficient (Wildman–Crippen LogP) is 1.34. The van der Waals surface area contributed by atoms with Crippen LogP contribution in [0.15, 0.2) is 0 Å². The number of morpholine rings is 1. The Labute approximate surface area is 70.2 Å². The Kier molecular flexibility index (Phi) is 2.13. The van der Waals surface area contributed by atoms with E-state index in [1.165, 1.54) is 12.8 Å². The topological polar surface area (TPSA) is 12.5 Å². The number of hydrogen-bond donors (Lipinski definition) is 1. The largest absolute Gasteiger partial charge is 0.372 e. The van der Waals surface area contributed by atoms with Gasteiger partial charge in [-0.1, -0.05) is 11.7 Å². The molecule has 0 aromatic rings. The van der Waals surface area contributed by atoms with Gasteiger partial charge in [-0.25, -0.2) is 4.31 Å². The summed E-state index contributed by atoms with van der Waals surface area (Å²) in [6.07, 6.45) is 3.49. The van der Waals surface area contributed by atoms with Crippen molar-refractivity contribution >= 4 is 22.6 Å². The normalized spacial score (nSPS) is 40.5. The third-order valence-corrected chi connectivity index (χ3v) is 3.35. The molecule has 2 unspecified atom stereocenters. The van der Waals surface area contributed by atoms with Gasteiger partial charge in [-0.2, -0.15) is 0 Å². The van der Waals surface area contributed by atoms with E-state index in [9.17, 15) is 0 Å². The Bertz CT molecular complexity index is 121. The first-order chi connectivity index (χ1) is 4.88. The highest BCUT2D eigenvalue weighted by Crippen LogP contribution is 2.30. The van der Waals surface area contributed by atoms with Gasteiger partial charge in [-0.3, -0.25) is 0 Å². The maximum absolute atomic E-state index is 5.64. The highest BCUT2D eigenvalue weighted by molar-refractivity contribution is 8.67. The van der Waals surface area contributed by atoms with Crippen LogP contribution in [-0.4, -0.2) is 29.6 Å². The number of rotatable bonds is 1. The molecule has 2 rings (SSSR count). The Hall–Kier alpha value is 0.620. The van der Waals surface area contributed by atoms with Crippen LogP contribution in [0.4, 0.5) is 0 Å². The number of hydrogen-bond acceptors (Lipinski definition) is 4. The second-order valence-corrected chi connectivity index (χ2v) is 4.06. The molecule has 0 aromatic carbocycles. The minimum atomic E-state index is 0.499. The molecule has 0 radical (unpaired) electrons. The molecule has 0 aromatic heterocycles. The molecule has 0 aliphatic carbocycles. The highest BCUT2D eigenvalue weighted by Gasteiger charge is 2.33. The van der Waals surface area contributed by atoms with E-state index in [2.05, 4.69) is 16.0 Å². The first-order valence-corrected chi connectivity index (χ1v) is 5.43. The molecule has 2 atom stereocenters. The molecule has 10 heavy (non-hydrogen) atoms. The fourth-order valence-electron chi connectivity index (χ4n) is 1.64. The van der Waals surface area contributed by atoms with E-state index in [-0.39, 0.29) is 0 Å². The molecule has 0 amide bonds. The van der Waals surface area contributed by atoms with Crippen molar-refractivity contribution in [2.24, 2.45) is 0 Å². The second kappa shape index (κ2) is 2.93. The summed E-state index contributed by atoms with van der Waals surface area (Å²) in [5, 5.41) is 0. The van der Waals surface area contributed by atoms with Crippen LogP contribution in [0.1, 0.15) is 12.8 Å². The first-order valence-electron chi connectivity index (χ1n) is 3.60. The number of ether oxygens (including phenoxy) is 1. The van der Waals surface area contributed by atoms with Crippen molar-refractivity contribution in [3.63, 3.8) is 0 Å². The molecule has 2 aliphatic rings. The predicted molar refractivity (Wildman–Crippen MR) is 46.0 cm³/mol. The quantitative estimate of drug-likeness (QED) is 0.369. The van der Waals surface area contributed by atoms with E-state index >= 15 is 0 Å². The second-order valence-electron chi connectivity index (χ2n) is 2.89. The Morgan fingerprint density at radius 2 is 1.90 bits per heavy atom. The summed E-state index contributed by atoms with van der Waals surface area (Å²) in [5.41, 5.74) is 0.